The van der Waals surface area contributed by atoms with E-state index in [2.05, 4.69) is 118 Å². The number of rotatable bonds is 12. The molecule has 0 atom stereocenters. The van der Waals surface area contributed by atoms with Crippen molar-refractivity contribution < 1.29 is 9.59 Å². The molecule has 0 spiro atoms. The third-order valence-electron chi connectivity index (χ3n) is 10.4. The monoisotopic (exact) mass is 701 g/mol. The van der Waals surface area contributed by atoms with Gasteiger partial charge in [-0.2, -0.15) is 0 Å². The van der Waals surface area contributed by atoms with Crippen molar-refractivity contribution in [2.75, 3.05) is 23.3 Å². The molecular weight excluding hydrogens is 655 g/mol. The summed E-state index contributed by atoms with van der Waals surface area (Å²) in [6, 6.07) is 47.5. The zero-order chi connectivity index (χ0) is 36.6. The predicted molar refractivity (Wildman–Crippen MR) is 213 cm³/mol. The minimum atomic E-state index is -0.631. The first-order valence-corrected chi connectivity index (χ1v) is 18.7. The molecule has 268 valence electrons. The number of aromatic nitrogens is 2. The highest BCUT2D eigenvalue weighted by Gasteiger charge is 2.42. The molecule has 3 N–H and O–H groups in total. The highest BCUT2D eigenvalue weighted by Crippen LogP contribution is 2.45. The maximum Gasteiger partial charge on any atom is 0.251 e. The molecular formula is C46H47N5O2. The molecule has 7 heteroatoms. The zero-order valence-corrected chi connectivity index (χ0v) is 30.5. The molecule has 53 heavy (non-hydrogen) atoms. The van der Waals surface area contributed by atoms with Gasteiger partial charge >= 0.3 is 0 Å². The van der Waals surface area contributed by atoms with Crippen LogP contribution in [0.1, 0.15) is 88.3 Å². The maximum absolute atomic E-state index is 13.2. The average molecular weight is 702 g/mol. The Labute approximate surface area is 312 Å². The Morgan fingerprint density at radius 2 is 1.32 bits per heavy atom. The van der Waals surface area contributed by atoms with Gasteiger partial charge in [0.25, 0.3) is 5.91 Å². The van der Waals surface area contributed by atoms with Crippen molar-refractivity contribution in [1.82, 2.24) is 15.3 Å². The molecule has 1 aliphatic rings. The lowest BCUT2D eigenvalue weighted by Crippen LogP contribution is -2.34. The Kier molecular flexibility index (Phi) is 10.8. The van der Waals surface area contributed by atoms with E-state index in [4.69, 9.17) is 4.98 Å². The predicted octanol–water partition coefficient (Wildman–Crippen LogP) is 9.15. The molecule has 2 amide bonds. The van der Waals surface area contributed by atoms with Crippen molar-refractivity contribution in [1.29, 1.82) is 0 Å². The van der Waals surface area contributed by atoms with Crippen LogP contribution in [-0.2, 0) is 16.8 Å². The minimum Gasteiger partial charge on any atom is -0.370 e. The molecule has 1 saturated heterocycles. The summed E-state index contributed by atoms with van der Waals surface area (Å²) in [7, 11) is 0. The van der Waals surface area contributed by atoms with E-state index in [9.17, 15) is 9.59 Å². The number of imidazole rings is 1. The highest BCUT2D eigenvalue weighted by atomic mass is 16.2. The molecule has 0 bridgehead atoms. The summed E-state index contributed by atoms with van der Waals surface area (Å²) in [6.07, 6.45) is 2.97. The first-order chi connectivity index (χ1) is 26.0. The Balaban J connectivity index is 1.16. The summed E-state index contributed by atoms with van der Waals surface area (Å²) in [4.78, 5) is 37.7. The third kappa shape index (κ3) is 7.51. The van der Waals surface area contributed by atoms with Crippen molar-refractivity contribution in [2.24, 2.45) is 0 Å². The summed E-state index contributed by atoms with van der Waals surface area (Å²) in [5.41, 5.74) is 8.18. The fraction of sp³-hybridized carbons (Fsp3) is 0.239. The number of nitrogens with zero attached hydrogens (tertiary/aromatic N) is 2. The first kappa shape index (κ1) is 35.5. The van der Waals surface area contributed by atoms with Crippen molar-refractivity contribution in [3.63, 3.8) is 0 Å². The van der Waals surface area contributed by atoms with Gasteiger partial charge in [-0.25, -0.2) is 4.98 Å². The second-order valence-electron chi connectivity index (χ2n) is 13.9. The van der Waals surface area contributed by atoms with Crippen LogP contribution in [0.5, 0.6) is 0 Å². The van der Waals surface area contributed by atoms with E-state index >= 15 is 0 Å². The van der Waals surface area contributed by atoms with Crippen LogP contribution in [0, 0.1) is 6.92 Å². The fourth-order valence-electron chi connectivity index (χ4n) is 7.79. The van der Waals surface area contributed by atoms with Gasteiger partial charge in [0, 0.05) is 43.2 Å². The minimum absolute atomic E-state index is 0.0520. The van der Waals surface area contributed by atoms with E-state index in [0.29, 0.717) is 24.2 Å². The quantitative estimate of drug-likeness (QED) is 0.111. The fourth-order valence-corrected chi connectivity index (χ4v) is 7.79. The molecule has 0 radical (unpaired) electrons. The molecule has 2 heterocycles. The second-order valence-corrected chi connectivity index (χ2v) is 13.9. The first-order valence-electron chi connectivity index (χ1n) is 18.7. The number of amides is 2. The number of aryl methyl sites for hydroxylation is 1. The van der Waals surface area contributed by atoms with Crippen LogP contribution in [-0.4, -0.2) is 34.9 Å². The Bertz CT molecular complexity index is 2030. The van der Waals surface area contributed by atoms with Crippen LogP contribution in [0.4, 0.5) is 11.4 Å². The van der Waals surface area contributed by atoms with Crippen LogP contribution in [0.3, 0.4) is 0 Å². The van der Waals surface area contributed by atoms with E-state index < -0.39 is 5.41 Å². The number of benzene rings is 5. The molecule has 0 aliphatic carbocycles. The van der Waals surface area contributed by atoms with Crippen LogP contribution in [0.15, 0.2) is 140 Å². The summed E-state index contributed by atoms with van der Waals surface area (Å²) >= 11 is 0. The summed E-state index contributed by atoms with van der Waals surface area (Å²) < 4.78 is 0. The lowest BCUT2D eigenvalue weighted by molar-refractivity contribution is -0.116. The number of carbonyl (C=O) groups is 2. The van der Waals surface area contributed by atoms with Crippen LogP contribution in [0.25, 0.3) is 0 Å². The van der Waals surface area contributed by atoms with Gasteiger partial charge in [-0.05, 0) is 66.6 Å². The van der Waals surface area contributed by atoms with Gasteiger partial charge in [-0.15, -0.1) is 0 Å². The van der Waals surface area contributed by atoms with Crippen molar-refractivity contribution in [2.45, 2.75) is 57.4 Å². The molecule has 0 saturated carbocycles. The number of aromatic amines is 1. The van der Waals surface area contributed by atoms with Crippen LogP contribution in [0.2, 0.25) is 0 Å². The molecule has 7 rings (SSSR count). The second kappa shape index (κ2) is 16.2. The lowest BCUT2D eigenvalue weighted by atomic mass is 9.69. The zero-order valence-electron chi connectivity index (χ0n) is 30.5. The van der Waals surface area contributed by atoms with E-state index in [1.54, 1.807) is 0 Å². The van der Waals surface area contributed by atoms with Gasteiger partial charge in [0.1, 0.15) is 11.2 Å². The standard InChI is InChI=1S/C46H47N5O2/c1-3-16-42(52)49-40-31-36(44(53)47-32-34-17-8-4-9-18-34)25-26-41(40)51-29-27-35(28-30-51)43-33(2)48-45(50-43)46(37-19-10-5-11-20-37,38-21-12-6-13-22-38)39-23-14-7-15-24-39/h4-15,17-26,31,35H,3,16,27-30,32H2,1-2H3,(H,47,53)(H,48,50)(H,49,52). The topological polar surface area (TPSA) is 90.1 Å². The van der Waals surface area contributed by atoms with Gasteiger partial charge in [0.15, 0.2) is 0 Å². The largest absolute Gasteiger partial charge is 0.370 e. The molecule has 5 aromatic carbocycles. The van der Waals surface area contributed by atoms with Crippen molar-refractivity contribution in [3.05, 3.63) is 185 Å². The molecule has 0 unspecified atom stereocenters. The Morgan fingerprint density at radius 1 is 0.774 bits per heavy atom. The molecule has 7 nitrogen and oxygen atoms in total. The van der Waals surface area contributed by atoms with E-state index in [0.717, 1.165) is 77.5 Å². The smallest absolute Gasteiger partial charge is 0.251 e. The summed E-state index contributed by atoms with van der Waals surface area (Å²) in [5.74, 6) is 0.951. The number of nitrogens with one attached hydrogen (secondary N) is 3. The van der Waals surface area contributed by atoms with Gasteiger partial charge in [0.05, 0.1) is 17.1 Å². The number of hydrogen-bond acceptors (Lipinski definition) is 4. The van der Waals surface area contributed by atoms with Crippen LogP contribution >= 0.6 is 0 Å². The number of hydrogen-bond donors (Lipinski definition) is 3. The maximum atomic E-state index is 13.2. The Hall–Kier alpha value is -5.95. The van der Waals surface area contributed by atoms with E-state index in [1.165, 1.54) is 0 Å². The SMILES string of the molecule is CCCC(=O)Nc1cc(C(=O)NCc2ccccc2)ccc1N1CCC(c2nc(C(c3ccccc3)(c3ccccc3)c3ccccc3)[nH]c2C)CC1. The summed E-state index contributed by atoms with van der Waals surface area (Å²) in [5, 5.41) is 6.14. The normalized spacial score (nSPS) is 13.4. The third-order valence-corrected chi connectivity index (χ3v) is 10.4. The van der Waals surface area contributed by atoms with Gasteiger partial charge < -0.3 is 20.5 Å². The number of H-pyrrole nitrogens is 1. The number of piperidine rings is 1. The molecule has 1 aliphatic heterocycles. The van der Waals surface area contributed by atoms with Gasteiger partial charge in [-0.3, -0.25) is 9.59 Å². The number of carbonyl (C=O) groups excluding carboxylic acids is 2. The summed E-state index contributed by atoms with van der Waals surface area (Å²) in [6.45, 7) is 6.16. The van der Waals surface area contributed by atoms with Crippen molar-refractivity contribution >= 4 is 23.2 Å². The van der Waals surface area contributed by atoms with E-state index in [1.807, 2.05) is 55.5 Å². The van der Waals surface area contributed by atoms with Crippen LogP contribution < -0.4 is 15.5 Å². The molecule has 1 aromatic heterocycles. The van der Waals surface area contributed by atoms with Crippen molar-refractivity contribution in [3.8, 4) is 0 Å². The number of anilines is 2. The average Bonchev–Trinajstić information content (AvgIpc) is 3.60. The highest BCUT2D eigenvalue weighted by molar-refractivity contribution is 6.00. The molecule has 1 fully saturated rings. The Morgan fingerprint density at radius 3 is 1.87 bits per heavy atom. The molecule has 6 aromatic rings. The lowest BCUT2D eigenvalue weighted by Gasteiger charge is -2.35. The van der Waals surface area contributed by atoms with Gasteiger partial charge in [0.2, 0.25) is 5.91 Å². The van der Waals surface area contributed by atoms with Gasteiger partial charge in [-0.1, -0.05) is 128 Å². The van der Waals surface area contributed by atoms with E-state index in [-0.39, 0.29) is 17.7 Å².